The summed E-state index contributed by atoms with van der Waals surface area (Å²) >= 11 is 0. The summed E-state index contributed by atoms with van der Waals surface area (Å²) in [6.45, 7) is 3.43. The van der Waals surface area contributed by atoms with Crippen LogP contribution in [0.4, 0.5) is 17.5 Å². The first-order valence-corrected chi connectivity index (χ1v) is 6.77. The summed E-state index contributed by atoms with van der Waals surface area (Å²) in [6, 6.07) is 0. The predicted octanol–water partition coefficient (Wildman–Crippen LogP) is 1.47. The highest BCUT2D eigenvalue weighted by Gasteiger charge is 2.20. The normalized spacial score (nSPS) is 10.5. The Morgan fingerprint density at radius 1 is 1.18 bits per heavy atom. The molecule has 2 aromatic rings. The van der Waals surface area contributed by atoms with E-state index >= 15 is 0 Å². The van der Waals surface area contributed by atoms with Crippen LogP contribution in [0.15, 0.2) is 10.7 Å². The number of nitrogens with one attached hydrogen (secondary N) is 1. The van der Waals surface area contributed by atoms with E-state index in [0.29, 0.717) is 34.5 Å². The van der Waals surface area contributed by atoms with Crippen LogP contribution < -0.4 is 15.1 Å². The average Bonchev–Trinajstić information content (AvgIpc) is 2.78. The zero-order chi connectivity index (χ0) is 16.4. The molecule has 0 unspecified atom stereocenters. The van der Waals surface area contributed by atoms with E-state index in [4.69, 9.17) is 4.52 Å². The zero-order valence-electron chi connectivity index (χ0n) is 13.6. The zero-order valence-corrected chi connectivity index (χ0v) is 13.6. The van der Waals surface area contributed by atoms with Gasteiger partial charge in [0.15, 0.2) is 5.82 Å². The molecule has 0 aliphatic rings. The third kappa shape index (κ3) is 3.00. The Morgan fingerprint density at radius 2 is 1.86 bits per heavy atom. The van der Waals surface area contributed by atoms with E-state index in [2.05, 4.69) is 20.4 Å². The Labute approximate surface area is 129 Å². The Kier molecular flexibility index (Phi) is 4.30. The number of amides is 1. The molecular weight excluding hydrogens is 284 g/mol. The number of carbonyl (C=O) groups excluding carboxylic acids is 1. The first kappa shape index (κ1) is 15.7. The van der Waals surface area contributed by atoms with Crippen LogP contribution in [0.25, 0.3) is 0 Å². The number of aromatic nitrogens is 3. The fourth-order valence-electron chi connectivity index (χ4n) is 2.00. The minimum atomic E-state index is -0.291. The molecule has 1 amide bonds. The van der Waals surface area contributed by atoms with Crippen molar-refractivity contribution in [3.63, 3.8) is 0 Å². The van der Waals surface area contributed by atoms with E-state index in [9.17, 15) is 4.79 Å². The summed E-state index contributed by atoms with van der Waals surface area (Å²) in [4.78, 5) is 24.7. The number of carbonyl (C=O) groups is 1. The standard InChI is InChI=1S/C14H20N6O2/c1-8-11(9(2)22-18-8)13(21)16-10-7-15-14(20(5)6)17-12(10)19(3)4/h7H,1-6H3,(H,16,21). The molecule has 0 spiro atoms. The molecule has 2 heterocycles. The summed E-state index contributed by atoms with van der Waals surface area (Å²) in [6.07, 6.45) is 1.59. The van der Waals surface area contributed by atoms with Gasteiger partial charge >= 0.3 is 0 Å². The third-order valence-electron chi connectivity index (χ3n) is 3.09. The van der Waals surface area contributed by atoms with Crippen molar-refractivity contribution in [2.75, 3.05) is 43.3 Å². The lowest BCUT2D eigenvalue weighted by molar-refractivity contribution is 0.102. The van der Waals surface area contributed by atoms with Gasteiger partial charge in [-0.25, -0.2) is 4.98 Å². The highest BCUT2D eigenvalue weighted by atomic mass is 16.5. The van der Waals surface area contributed by atoms with Gasteiger partial charge in [0.1, 0.15) is 17.0 Å². The Bertz CT molecular complexity index is 673. The molecule has 2 aromatic heterocycles. The second kappa shape index (κ2) is 6.00. The van der Waals surface area contributed by atoms with Crippen LogP contribution >= 0.6 is 0 Å². The molecule has 0 saturated carbocycles. The highest BCUT2D eigenvalue weighted by molar-refractivity contribution is 6.06. The van der Waals surface area contributed by atoms with E-state index in [1.807, 2.05) is 33.1 Å². The van der Waals surface area contributed by atoms with Gasteiger partial charge in [-0.15, -0.1) is 0 Å². The maximum absolute atomic E-state index is 12.4. The molecule has 0 aliphatic carbocycles. The molecule has 118 valence electrons. The maximum atomic E-state index is 12.4. The summed E-state index contributed by atoms with van der Waals surface area (Å²) in [5.41, 5.74) is 1.51. The summed E-state index contributed by atoms with van der Waals surface area (Å²) < 4.78 is 5.02. The predicted molar refractivity (Wildman–Crippen MR) is 84.6 cm³/mol. The second-order valence-corrected chi connectivity index (χ2v) is 5.35. The van der Waals surface area contributed by atoms with Crippen LogP contribution in [0.3, 0.4) is 0 Å². The molecule has 8 nitrogen and oxygen atoms in total. The van der Waals surface area contributed by atoms with Crippen LogP contribution in [0.2, 0.25) is 0 Å². The molecule has 0 aliphatic heterocycles. The molecule has 0 aromatic carbocycles. The molecule has 0 saturated heterocycles. The van der Waals surface area contributed by atoms with Crippen molar-refractivity contribution in [3.05, 3.63) is 23.2 Å². The molecule has 2 rings (SSSR count). The van der Waals surface area contributed by atoms with Gasteiger partial charge in [0.25, 0.3) is 5.91 Å². The maximum Gasteiger partial charge on any atom is 0.261 e. The Morgan fingerprint density at radius 3 is 2.36 bits per heavy atom. The lowest BCUT2D eigenvalue weighted by Crippen LogP contribution is -2.21. The summed E-state index contributed by atoms with van der Waals surface area (Å²) in [5.74, 6) is 1.38. The highest BCUT2D eigenvalue weighted by Crippen LogP contribution is 2.24. The number of nitrogens with zero attached hydrogens (tertiary/aromatic N) is 5. The minimum Gasteiger partial charge on any atom is -0.361 e. The number of hydrogen-bond acceptors (Lipinski definition) is 7. The average molecular weight is 304 g/mol. The van der Waals surface area contributed by atoms with Gasteiger partial charge in [-0.2, -0.15) is 4.98 Å². The van der Waals surface area contributed by atoms with E-state index in [1.165, 1.54) is 0 Å². The Hall–Kier alpha value is -2.64. The van der Waals surface area contributed by atoms with Crippen molar-refractivity contribution < 1.29 is 9.32 Å². The third-order valence-corrected chi connectivity index (χ3v) is 3.09. The summed E-state index contributed by atoms with van der Waals surface area (Å²) in [7, 11) is 7.43. The first-order valence-electron chi connectivity index (χ1n) is 6.77. The number of aryl methyl sites for hydroxylation is 2. The van der Waals surface area contributed by atoms with Gasteiger partial charge < -0.3 is 19.6 Å². The van der Waals surface area contributed by atoms with Crippen molar-refractivity contribution in [1.82, 2.24) is 15.1 Å². The largest absolute Gasteiger partial charge is 0.361 e. The van der Waals surface area contributed by atoms with Crippen molar-refractivity contribution in [3.8, 4) is 0 Å². The van der Waals surface area contributed by atoms with Crippen LogP contribution in [0.5, 0.6) is 0 Å². The van der Waals surface area contributed by atoms with Crippen molar-refractivity contribution in [2.24, 2.45) is 0 Å². The fraction of sp³-hybridized carbons (Fsp3) is 0.429. The quantitative estimate of drug-likeness (QED) is 0.915. The van der Waals surface area contributed by atoms with Gasteiger partial charge in [-0.1, -0.05) is 5.16 Å². The second-order valence-electron chi connectivity index (χ2n) is 5.35. The fourth-order valence-corrected chi connectivity index (χ4v) is 2.00. The smallest absolute Gasteiger partial charge is 0.261 e. The number of rotatable bonds is 4. The molecule has 0 radical (unpaired) electrons. The van der Waals surface area contributed by atoms with Crippen molar-refractivity contribution in [1.29, 1.82) is 0 Å². The first-order chi connectivity index (χ1) is 10.3. The Balaban J connectivity index is 2.35. The molecule has 0 fully saturated rings. The lowest BCUT2D eigenvalue weighted by Gasteiger charge is -2.19. The van der Waals surface area contributed by atoms with E-state index < -0.39 is 0 Å². The molecular formula is C14H20N6O2. The van der Waals surface area contributed by atoms with E-state index in [0.717, 1.165) is 0 Å². The molecule has 0 atom stereocenters. The summed E-state index contributed by atoms with van der Waals surface area (Å²) in [5, 5.41) is 6.61. The molecule has 22 heavy (non-hydrogen) atoms. The number of hydrogen-bond donors (Lipinski definition) is 1. The SMILES string of the molecule is Cc1noc(C)c1C(=O)Nc1cnc(N(C)C)nc1N(C)C. The van der Waals surface area contributed by atoms with Gasteiger partial charge in [-0.3, -0.25) is 4.79 Å². The van der Waals surface area contributed by atoms with Crippen LogP contribution in [-0.2, 0) is 0 Å². The van der Waals surface area contributed by atoms with E-state index in [-0.39, 0.29) is 5.91 Å². The van der Waals surface area contributed by atoms with Crippen molar-refractivity contribution in [2.45, 2.75) is 13.8 Å². The van der Waals surface area contributed by atoms with Crippen LogP contribution in [0, 0.1) is 13.8 Å². The number of anilines is 3. The van der Waals surface area contributed by atoms with Crippen molar-refractivity contribution >= 4 is 23.4 Å². The molecule has 8 heteroatoms. The lowest BCUT2D eigenvalue weighted by atomic mass is 10.2. The topological polar surface area (TPSA) is 87.4 Å². The molecule has 1 N–H and O–H groups in total. The van der Waals surface area contributed by atoms with Gasteiger partial charge in [0, 0.05) is 28.2 Å². The van der Waals surface area contributed by atoms with E-state index in [1.54, 1.807) is 24.9 Å². The van der Waals surface area contributed by atoms with Gasteiger partial charge in [0.2, 0.25) is 5.95 Å². The minimum absolute atomic E-state index is 0.291. The van der Waals surface area contributed by atoms with Crippen LogP contribution in [-0.4, -0.2) is 49.2 Å². The van der Waals surface area contributed by atoms with Crippen LogP contribution in [0.1, 0.15) is 21.8 Å². The molecule has 0 bridgehead atoms. The monoisotopic (exact) mass is 304 g/mol. The van der Waals surface area contributed by atoms with Gasteiger partial charge in [0.05, 0.1) is 11.9 Å². The van der Waals surface area contributed by atoms with Gasteiger partial charge in [-0.05, 0) is 13.8 Å².